The van der Waals surface area contributed by atoms with Crippen LogP contribution in [0.4, 0.5) is 0 Å². The summed E-state index contributed by atoms with van der Waals surface area (Å²) in [6.45, 7) is 6.43. The molecule has 0 radical (unpaired) electrons. The van der Waals surface area contributed by atoms with Crippen molar-refractivity contribution in [2.24, 2.45) is 0 Å². The summed E-state index contributed by atoms with van der Waals surface area (Å²) in [4.78, 5) is 4.81. The lowest BCUT2D eigenvalue weighted by Crippen LogP contribution is -2.44. The monoisotopic (exact) mass is 213 g/mol. The molecule has 0 aromatic rings. The van der Waals surface area contributed by atoms with Gasteiger partial charge in [0.2, 0.25) is 0 Å². The number of nitrogens with one attached hydrogen (secondary N) is 1. The van der Waals surface area contributed by atoms with Crippen molar-refractivity contribution in [1.82, 2.24) is 15.1 Å². The molecule has 2 unspecified atom stereocenters. The second kappa shape index (κ2) is 5.25. The molecule has 0 aliphatic carbocycles. The van der Waals surface area contributed by atoms with Gasteiger partial charge in [0.1, 0.15) is 0 Å². The first-order valence-corrected chi connectivity index (χ1v) is 6.09. The summed E-state index contributed by atoms with van der Waals surface area (Å²) >= 11 is 0. The van der Waals surface area contributed by atoms with Gasteiger partial charge in [-0.25, -0.2) is 0 Å². The van der Waals surface area contributed by atoms with E-state index >= 15 is 0 Å². The molecule has 0 bridgehead atoms. The predicted octanol–water partition coefficient (Wildman–Crippen LogP) is -0.653. The summed E-state index contributed by atoms with van der Waals surface area (Å²) in [6, 6.07) is 0.313. The number of nitrogens with zero attached hydrogens (tertiary/aromatic N) is 2. The maximum absolute atomic E-state index is 9.73. The van der Waals surface area contributed by atoms with E-state index in [-0.39, 0.29) is 6.10 Å². The number of aliphatic hydroxyl groups is 1. The Morgan fingerprint density at radius 1 is 1.33 bits per heavy atom. The van der Waals surface area contributed by atoms with E-state index in [1.807, 2.05) is 0 Å². The maximum atomic E-state index is 9.73. The topological polar surface area (TPSA) is 38.7 Å². The van der Waals surface area contributed by atoms with Crippen LogP contribution in [0.25, 0.3) is 0 Å². The average Bonchev–Trinajstić information content (AvgIpc) is 2.84. The second-order valence-corrected chi connectivity index (χ2v) is 4.82. The fraction of sp³-hybridized carbons (Fsp3) is 1.00. The van der Waals surface area contributed by atoms with E-state index in [4.69, 9.17) is 0 Å². The quantitative estimate of drug-likeness (QED) is 0.651. The van der Waals surface area contributed by atoms with Crippen LogP contribution in [0.3, 0.4) is 0 Å². The lowest BCUT2D eigenvalue weighted by atomic mass is 10.2. The highest BCUT2D eigenvalue weighted by Crippen LogP contribution is 2.10. The normalized spacial score (nSPS) is 33.0. The van der Waals surface area contributed by atoms with Crippen LogP contribution in [-0.4, -0.2) is 73.4 Å². The van der Waals surface area contributed by atoms with Crippen LogP contribution in [0, 0.1) is 0 Å². The zero-order valence-electron chi connectivity index (χ0n) is 9.65. The lowest BCUT2D eigenvalue weighted by molar-refractivity contribution is 0.0936. The van der Waals surface area contributed by atoms with Crippen LogP contribution in [0.15, 0.2) is 0 Å². The molecule has 0 spiro atoms. The van der Waals surface area contributed by atoms with Gasteiger partial charge in [-0.05, 0) is 33.0 Å². The van der Waals surface area contributed by atoms with Gasteiger partial charge in [-0.3, -0.25) is 4.90 Å². The molecule has 2 atom stereocenters. The number of hydrogen-bond acceptors (Lipinski definition) is 4. The van der Waals surface area contributed by atoms with E-state index in [1.165, 1.54) is 25.9 Å². The summed E-state index contributed by atoms with van der Waals surface area (Å²) in [5, 5.41) is 13.0. The number of likely N-dealkylation sites (tertiary alicyclic amines) is 1. The van der Waals surface area contributed by atoms with E-state index in [0.29, 0.717) is 6.04 Å². The molecule has 2 N–H and O–H groups in total. The molecule has 0 aromatic heterocycles. The minimum atomic E-state index is -0.187. The summed E-state index contributed by atoms with van der Waals surface area (Å²) in [5.41, 5.74) is 0. The van der Waals surface area contributed by atoms with Crippen molar-refractivity contribution in [1.29, 1.82) is 0 Å². The second-order valence-electron chi connectivity index (χ2n) is 4.82. The predicted molar refractivity (Wildman–Crippen MR) is 61.0 cm³/mol. The molecule has 0 aromatic carbocycles. The Bertz CT molecular complexity index is 194. The third-order valence-corrected chi connectivity index (χ3v) is 3.68. The Morgan fingerprint density at radius 3 is 2.67 bits per heavy atom. The number of likely N-dealkylation sites (N-methyl/N-ethyl adjacent to an activating group) is 1. The molecular weight excluding hydrogens is 190 g/mol. The van der Waals surface area contributed by atoms with E-state index in [2.05, 4.69) is 22.2 Å². The van der Waals surface area contributed by atoms with Gasteiger partial charge in [-0.2, -0.15) is 0 Å². The van der Waals surface area contributed by atoms with Crippen molar-refractivity contribution < 1.29 is 5.11 Å². The van der Waals surface area contributed by atoms with Crippen LogP contribution in [0.5, 0.6) is 0 Å². The highest BCUT2D eigenvalue weighted by Gasteiger charge is 2.28. The number of rotatable bonds is 4. The first-order valence-electron chi connectivity index (χ1n) is 6.09. The maximum Gasteiger partial charge on any atom is 0.0831 e. The molecule has 4 nitrogen and oxygen atoms in total. The Kier molecular flexibility index (Phi) is 3.97. The van der Waals surface area contributed by atoms with Crippen LogP contribution < -0.4 is 5.32 Å². The first kappa shape index (κ1) is 11.3. The summed E-state index contributed by atoms with van der Waals surface area (Å²) in [5.74, 6) is 0. The summed E-state index contributed by atoms with van der Waals surface area (Å²) in [6.07, 6.45) is 2.53. The SMILES string of the molecule is CN(CCN1CCCC1)C1CNCC1O. The van der Waals surface area contributed by atoms with Crippen LogP contribution in [0.2, 0.25) is 0 Å². The van der Waals surface area contributed by atoms with Crippen LogP contribution >= 0.6 is 0 Å². The Balaban J connectivity index is 1.69. The average molecular weight is 213 g/mol. The van der Waals surface area contributed by atoms with E-state index in [9.17, 15) is 5.11 Å². The van der Waals surface area contributed by atoms with Gasteiger partial charge in [0.15, 0.2) is 0 Å². The Hall–Kier alpha value is -0.160. The standard InChI is InChI=1S/C11H23N3O/c1-13(10-8-12-9-11(10)15)6-7-14-4-2-3-5-14/h10-12,15H,2-9H2,1H3. The van der Waals surface area contributed by atoms with E-state index in [1.54, 1.807) is 0 Å². The van der Waals surface area contributed by atoms with Gasteiger partial charge in [0, 0.05) is 32.2 Å². The van der Waals surface area contributed by atoms with Gasteiger partial charge in [0.25, 0.3) is 0 Å². The molecule has 2 rings (SSSR count). The van der Waals surface area contributed by atoms with Crippen molar-refractivity contribution in [3.05, 3.63) is 0 Å². The number of aliphatic hydroxyl groups excluding tert-OH is 1. The van der Waals surface area contributed by atoms with Crippen LogP contribution in [0.1, 0.15) is 12.8 Å². The highest BCUT2D eigenvalue weighted by molar-refractivity contribution is 4.87. The molecule has 2 aliphatic rings. The van der Waals surface area contributed by atoms with Gasteiger partial charge in [-0.1, -0.05) is 0 Å². The molecular formula is C11H23N3O. The minimum absolute atomic E-state index is 0.187. The van der Waals surface area contributed by atoms with Crippen molar-refractivity contribution in [2.45, 2.75) is 25.0 Å². The smallest absolute Gasteiger partial charge is 0.0831 e. The zero-order chi connectivity index (χ0) is 10.7. The third kappa shape index (κ3) is 2.91. The largest absolute Gasteiger partial charge is 0.390 e. The fourth-order valence-electron chi connectivity index (χ4n) is 2.57. The van der Waals surface area contributed by atoms with E-state index in [0.717, 1.165) is 26.2 Å². The van der Waals surface area contributed by atoms with Gasteiger partial charge < -0.3 is 15.3 Å². The fourth-order valence-corrected chi connectivity index (χ4v) is 2.57. The minimum Gasteiger partial charge on any atom is -0.390 e. The number of hydrogen-bond donors (Lipinski definition) is 2. The van der Waals surface area contributed by atoms with Gasteiger partial charge >= 0.3 is 0 Å². The van der Waals surface area contributed by atoms with Crippen molar-refractivity contribution in [3.63, 3.8) is 0 Å². The molecule has 2 saturated heterocycles. The number of β-amino-alcohol motifs (C(OH)–C–C–N with tert-alkyl or cyclic N) is 1. The molecule has 4 heteroatoms. The first-order chi connectivity index (χ1) is 7.27. The zero-order valence-corrected chi connectivity index (χ0v) is 9.65. The third-order valence-electron chi connectivity index (χ3n) is 3.68. The molecule has 0 amide bonds. The molecule has 2 fully saturated rings. The Labute approximate surface area is 92.2 Å². The van der Waals surface area contributed by atoms with Crippen molar-refractivity contribution in [2.75, 3.05) is 46.3 Å². The molecule has 88 valence electrons. The van der Waals surface area contributed by atoms with Crippen molar-refractivity contribution in [3.8, 4) is 0 Å². The molecule has 15 heavy (non-hydrogen) atoms. The lowest BCUT2D eigenvalue weighted by Gasteiger charge is -2.28. The Morgan fingerprint density at radius 2 is 2.07 bits per heavy atom. The molecule has 2 heterocycles. The molecule has 2 aliphatic heterocycles. The highest BCUT2D eigenvalue weighted by atomic mass is 16.3. The van der Waals surface area contributed by atoms with Gasteiger partial charge in [-0.15, -0.1) is 0 Å². The molecule has 0 saturated carbocycles. The summed E-state index contributed by atoms with van der Waals surface area (Å²) < 4.78 is 0. The van der Waals surface area contributed by atoms with E-state index < -0.39 is 0 Å². The van der Waals surface area contributed by atoms with Crippen LogP contribution in [-0.2, 0) is 0 Å². The summed E-state index contributed by atoms with van der Waals surface area (Å²) in [7, 11) is 2.12. The van der Waals surface area contributed by atoms with Gasteiger partial charge in [0.05, 0.1) is 6.10 Å². The van der Waals surface area contributed by atoms with Crippen molar-refractivity contribution >= 4 is 0 Å².